The van der Waals surface area contributed by atoms with Gasteiger partial charge in [0.25, 0.3) is 5.91 Å². The predicted octanol–water partition coefficient (Wildman–Crippen LogP) is 1.20. The summed E-state index contributed by atoms with van der Waals surface area (Å²) in [5.41, 5.74) is 0.195. The quantitative estimate of drug-likeness (QED) is 0.719. The summed E-state index contributed by atoms with van der Waals surface area (Å²) in [5.74, 6) is 0.171. The highest BCUT2D eigenvalue weighted by Crippen LogP contribution is 2.10. The van der Waals surface area contributed by atoms with E-state index in [4.69, 9.17) is 14.5 Å². The van der Waals surface area contributed by atoms with Gasteiger partial charge in [0, 0.05) is 19.2 Å². The summed E-state index contributed by atoms with van der Waals surface area (Å²) >= 11 is 0. The number of aromatic nitrogens is 1. The minimum Gasteiger partial charge on any atom is -0.377 e. The Morgan fingerprint density at radius 1 is 1.71 bits per heavy atom. The molecule has 1 aromatic heterocycles. The van der Waals surface area contributed by atoms with Gasteiger partial charge in [0.1, 0.15) is 13.2 Å². The minimum absolute atomic E-state index is 0.0307. The minimum atomic E-state index is -0.312. The van der Waals surface area contributed by atoms with Crippen LogP contribution in [0.5, 0.6) is 0 Å². The molecule has 1 amide bonds. The van der Waals surface area contributed by atoms with E-state index < -0.39 is 0 Å². The van der Waals surface area contributed by atoms with Crippen LogP contribution in [-0.2, 0) is 11.3 Å². The molecule has 0 N–H and O–H groups in total. The van der Waals surface area contributed by atoms with Crippen LogP contribution in [0.25, 0.3) is 0 Å². The lowest BCUT2D eigenvalue weighted by atomic mass is 10.2. The topological polar surface area (TPSA) is 79.4 Å². The molecule has 0 fully saturated rings. The fourth-order valence-corrected chi connectivity index (χ4v) is 1.34. The summed E-state index contributed by atoms with van der Waals surface area (Å²) in [6, 6.07) is 3.42. The molecule has 0 unspecified atom stereocenters. The number of hydrogen-bond acceptors (Lipinski definition) is 5. The molecule has 0 radical (unpaired) electrons. The number of methoxy groups -OCH3 is 1. The molecule has 0 aliphatic carbocycles. The number of nitrogens with zero attached hydrogens (tertiary/aromatic N) is 3. The summed E-state index contributed by atoms with van der Waals surface area (Å²) in [4.78, 5) is 13.4. The summed E-state index contributed by atoms with van der Waals surface area (Å²) < 4.78 is 9.79. The van der Waals surface area contributed by atoms with Gasteiger partial charge < -0.3 is 14.2 Å². The molecule has 1 heterocycles. The summed E-state index contributed by atoms with van der Waals surface area (Å²) in [5, 5.41) is 12.3. The Labute approximate surface area is 99.7 Å². The third kappa shape index (κ3) is 3.29. The maximum Gasteiger partial charge on any atom is 0.277 e. The molecule has 0 saturated heterocycles. The second-order valence-corrected chi connectivity index (χ2v) is 3.80. The molecule has 0 spiro atoms. The lowest BCUT2D eigenvalue weighted by Gasteiger charge is -2.22. The molecule has 6 heteroatoms. The van der Waals surface area contributed by atoms with E-state index in [2.05, 4.69) is 5.16 Å². The second-order valence-electron chi connectivity index (χ2n) is 3.80. The lowest BCUT2D eigenvalue weighted by Crippen LogP contribution is -2.37. The summed E-state index contributed by atoms with van der Waals surface area (Å²) in [7, 11) is 1.53. The Kier molecular flexibility index (Phi) is 4.67. The van der Waals surface area contributed by atoms with Crippen LogP contribution >= 0.6 is 0 Å². The number of nitriles is 1. The van der Waals surface area contributed by atoms with E-state index in [1.165, 1.54) is 18.1 Å². The van der Waals surface area contributed by atoms with E-state index in [1.807, 2.05) is 19.9 Å². The number of hydrogen-bond donors (Lipinski definition) is 0. The fourth-order valence-electron chi connectivity index (χ4n) is 1.34. The van der Waals surface area contributed by atoms with Gasteiger partial charge in [0.2, 0.25) is 0 Å². The molecule has 92 valence electrons. The maximum atomic E-state index is 12.0. The molecule has 17 heavy (non-hydrogen) atoms. The van der Waals surface area contributed by atoms with Crippen molar-refractivity contribution < 1.29 is 14.1 Å². The average Bonchev–Trinajstić information content (AvgIpc) is 2.73. The van der Waals surface area contributed by atoms with Crippen molar-refractivity contribution in [3.63, 3.8) is 0 Å². The van der Waals surface area contributed by atoms with Gasteiger partial charge in [-0.3, -0.25) is 4.79 Å². The first-order valence-corrected chi connectivity index (χ1v) is 5.22. The van der Waals surface area contributed by atoms with Crippen LogP contribution in [0.1, 0.15) is 30.1 Å². The highest BCUT2D eigenvalue weighted by Gasteiger charge is 2.21. The van der Waals surface area contributed by atoms with Crippen molar-refractivity contribution in [2.24, 2.45) is 0 Å². The first-order valence-electron chi connectivity index (χ1n) is 5.22. The van der Waals surface area contributed by atoms with Gasteiger partial charge in [-0.05, 0) is 13.8 Å². The van der Waals surface area contributed by atoms with Gasteiger partial charge in [0.15, 0.2) is 11.5 Å². The zero-order valence-corrected chi connectivity index (χ0v) is 10.1. The van der Waals surface area contributed by atoms with Gasteiger partial charge in [-0.15, -0.1) is 0 Å². The van der Waals surface area contributed by atoms with Crippen molar-refractivity contribution in [1.82, 2.24) is 10.1 Å². The molecule has 1 aromatic rings. The molecule has 1 rings (SSSR count). The zero-order valence-electron chi connectivity index (χ0n) is 10.1. The van der Waals surface area contributed by atoms with Crippen LogP contribution in [0.3, 0.4) is 0 Å². The van der Waals surface area contributed by atoms with Crippen LogP contribution in [0.4, 0.5) is 0 Å². The predicted molar refractivity (Wildman–Crippen MR) is 59.0 cm³/mol. The molecular formula is C11H15N3O3. The number of amides is 1. The van der Waals surface area contributed by atoms with Crippen molar-refractivity contribution in [1.29, 1.82) is 5.26 Å². The van der Waals surface area contributed by atoms with E-state index in [1.54, 1.807) is 0 Å². The third-order valence-electron chi connectivity index (χ3n) is 2.19. The number of carbonyl (C=O) groups is 1. The number of carbonyl (C=O) groups excluding carboxylic acids is 1. The van der Waals surface area contributed by atoms with Crippen LogP contribution in [0.15, 0.2) is 10.6 Å². The second kappa shape index (κ2) is 6.01. The molecule has 0 atom stereocenters. The highest BCUT2D eigenvalue weighted by atomic mass is 16.5. The van der Waals surface area contributed by atoms with Crippen molar-refractivity contribution in [3.8, 4) is 6.07 Å². The maximum absolute atomic E-state index is 12.0. The van der Waals surface area contributed by atoms with E-state index in [0.29, 0.717) is 5.76 Å². The Morgan fingerprint density at radius 3 is 2.94 bits per heavy atom. The van der Waals surface area contributed by atoms with Crippen molar-refractivity contribution in [2.45, 2.75) is 26.5 Å². The van der Waals surface area contributed by atoms with Crippen LogP contribution in [-0.4, -0.2) is 35.7 Å². The Morgan fingerprint density at radius 2 is 2.41 bits per heavy atom. The monoisotopic (exact) mass is 237 g/mol. The van der Waals surface area contributed by atoms with E-state index in [0.717, 1.165) is 0 Å². The highest BCUT2D eigenvalue weighted by molar-refractivity contribution is 5.92. The van der Waals surface area contributed by atoms with Crippen molar-refractivity contribution in [3.05, 3.63) is 17.5 Å². The van der Waals surface area contributed by atoms with Gasteiger partial charge in [0.05, 0.1) is 6.07 Å². The van der Waals surface area contributed by atoms with Crippen LogP contribution in [0, 0.1) is 11.3 Å². The molecule has 0 aliphatic heterocycles. The Balaban J connectivity index is 2.82. The van der Waals surface area contributed by atoms with Crippen LogP contribution < -0.4 is 0 Å². The van der Waals surface area contributed by atoms with Gasteiger partial charge in [-0.25, -0.2) is 0 Å². The molecule has 0 aromatic carbocycles. The van der Waals surface area contributed by atoms with E-state index >= 15 is 0 Å². The fraction of sp³-hybridized carbons (Fsp3) is 0.545. The first-order chi connectivity index (χ1) is 8.10. The van der Waals surface area contributed by atoms with Gasteiger partial charge >= 0.3 is 0 Å². The third-order valence-corrected chi connectivity index (χ3v) is 2.19. The lowest BCUT2D eigenvalue weighted by molar-refractivity contribution is 0.0720. The molecule has 0 aliphatic rings. The average molecular weight is 237 g/mol. The Bertz CT molecular complexity index is 420. The summed E-state index contributed by atoms with van der Waals surface area (Å²) in [6.07, 6.45) is 0. The van der Waals surface area contributed by atoms with Crippen molar-refractivity contribution in [2.75, 3.05) is 13.7 Å². The molecule has 6 nitrogen and oxygen atoms in total. The van der Waals surface area contributed by atoms with Crippen molar-refractivity contribution >= 4 is 5.91 Å². The largest absolute Gasteiger partial charge is 0.377 e. The standard InChI is InChI=1S/C11H15N3O3/c1-8(2)14(5-4-12)11(15)10-6-9(7-16-3)17-13-10/h6,8H,5,7H2,1-3H3. The first kappa shape index (κ1) is 13.2. The molecule has 0 bridgehead atoms. The number of ether oxygens (including phenoxy) is 1. The number of rotatable bonds is 5. The normalized spacial score (nSPS) is 10.3. The van der Waals surface area contributed by atoms with Gasteiger partial charge in [-0.1, -0.05) is 5.16 Å². The molecule has 0 saturated carbocycles. The van der Waals surface area contributed by atoms with Crippen LogP contribution in [0.2, 0.25) is 0 Å². The SMILES string of the molecule is COCc1cc(C(=O)N(CC#N)C(C)C)no1. The smallest absolute Gasteiger partial charge is 0.277 e. The zero-order chi connectivity index (χ0) is 12.8. The van der Waals surface area contributed by atoms with Gasteiger partial charge in [-0.2, -0.15) is 5.26 Å². The Hall–Kier alpha value is -1.87. The summed E-state index contributed by atoms with van der Waals surface area (Å²) in [6.45, 7) is 3.97. The van der Waals surface area contributed by atoms with E-state index in [-0.39, 0.29) is 30.8 Å². The molecular weight excluding hydrogens is 222 g/mol. The van der Waals surface area contributed by atoms with E-state index in [9.17, 15) is 4.79 Å².